The van der Waals surface area contributed by atoms with Crippen LogP contribution >= 0.6 is 0 Å². The van der Waals surface area contributed by atoms with E-state index < -0.39 is 0 Å². The SMILES string of the molecule is Cc1ccc(N2C#CCN2)cc1. The molecule has 0 spiro atoms. The van der Waals surface area contributed by atoms with E-state index in [0.29, 0.717) is 0 Å². The Kier molecular flexibility index (Phi) is 1.73. The van der Waals surface area contributed by atoms with E-state index in [4.69, 9.17) is 0 Å². The smallest absolute Gasteiger partial charge is 0.0791 e. The largest absolute Gasteiger partial charge is 0.234 e. The molecule has 1 aromatic rings. The summed E-state index contributed by atoms with van der Waals surface area (Å²) in [6, 6.07) is 11.2. The van der Waals surface area contributed by atoms with Gasteiger partial charge in [-0.3, -0.25) is 0 Å². The zero-order valence-corrected chi connectivity index (χ0v) is 6.96. The zero-order valence-electron chi connectivity index (χ0n) is 6.96. The van der Waals surface area contributed by atoms with Crippen LogP contribution in [0.1, 0.15) is 5.56 Å². The molecule has 60 valence electrons. The van der Waals surface area contributed by atoms with Gasteiger partial charge >= 0.3 is 0 Å². The van der Waals surface area contributed by atoms with Gasteiger partial charge in [-0.25, -0.2) is 10.4 Å². The van der Waals surface area contributed by atoms with Crippen molar-refractivity contribution < 1.29 is 0 Å². The standard InChI is InChI=1S/C10H10N2/c1-9-3-5-10(6-4-9)12-8-2-7-11-12/h3-6,11H,7H2,1H3. The van der Waals surface area contributed by atoms with Gasteiger partial charge in [0, 0.05) is 6.04 Å². The maximum Gasteiger partial charge on any atom is 0.0791 e. The lowest BCUT2D eigenvalue weighted by molar-refractivity contribution is 0.823. The molecular weight excluding hydrogens is 148 g/mol. The van der Waals surface area contributed by atoms with Crippen LogP contribution in [-0.2, 0) is 0 Å². The molecule has 12 heavy (non-hydrogen) atoms. The molecule has 2 heteroatoms. The summed E-state index contributed by atoms with van der Waals surface area (Å²) in [6.07, 6.45) is 0. The molecular formula is C10H10N2. The molecule has 1 aliphatic rings. The molecule has 0 atom stereocenters. The zero-order chi connectivity index (χ0) is 8.39. The summed E-state index contributed by atoms with van der Waals surface area (Å²) in [5.41, 5.74) is 5.48. The molecule has 2 rings (SSSR count). The van der Waals surface area contributed by atoms with Crippen LogP contribution < -0.4 is 10.4 Å². The van der Waals surface area contributed by atoms with Crippen LogP contribution in [0.25, 0.3) is 0 Å². The van der Waals surface area contributed by atoms with Crippen molar-refractivity contribution >= 4 is 5.69 Å². The number of aryl methyl sites for hydroxylation is 1. The highest BCUT2D eigenvalue weighted by atomic mass is 15.5. The fourth-order valence-electron chi connectivity index (χ4n) is 1.13. The first-order chi connectivity index (χ1) is 5.86. The minimum Gasteiger partial charge on any atom is -0.234 e. The molecule has 0 unspecified atom stereocenters. The Bertz CT molecular complexity index is 329. The topological polar surface area (TPSA) is 15.3 Å². The van der Waals surface area contributed by atoms with E-state index in [1.807, 2.05) is 5.01 Å². The van der Waals surface area contributed by atoms with Crippen molar-refractivity contribution in [3.63, 3.8) is 0 Å². The van der Waals surface area contributed by atoms with Gasteiger partial charge in [0.05, 0.1) is 12.2 Å². The molecule has 0 aromatic heterocycles. The van der Waals surface area contributed by atoms with Gasteiger partial charge in [0.15, 0.2) is 0 Å². The van der Waals surface area contributed by atoms with Crippen molar-refractivity contribution in [3.8, 4) is 12.0 Å². The van der Waals surface area contributed by atoms with E-state index in [-0.39, 0.29) is 0 Å². The molecule has 0 saturated carbocycles. The Morgan fingerprint density at radius 3 is 2.67 bits per heavy atom. The number of hydrogen-bond donors (Lipinski definition) is 1. The number of anilines is 1. The molecule has 1 aromatic carbocycles. The normalized spacial score (nSPS) is 14.2. The molecule has 0 saturated heterocycles. The Labute approximate surface area is 72.2 Å². The van der Waals surface area contributed by atoms with Gasteiger partial charge in [-0.05, 0) is 19.1 Å². The maximum absolute atomic E-state index is 3.10. The van der Waals surface area contributed by atoms with Crippen LogP contribution in [0.2, 0.25) is 0 Å². The Morgan fingerprint density at radius 2 is 2.08 bits per heavy atom. The summed E-state index contributed by atoms with van der Waals surface area (Å²) in [6.45, 7) is 2.82. The summed E-state index contributed by atoms with van der Waals surface area (Å²) < 4.78 is 0. The average molecular weight is 158 g/mol. The van der Waals surface area contributed by atoms with E-state index in [1.54, 1.807) is 0 Å². The number of nitrogens with zero attached hydrogens (tertiary/aromatic N) is 1. The quantitative estimate of drug-likeness (QED) is 0.619. The third kappa shape index (κ3) is 1.27. The molecule has 0 amide bonds. The van der Waals surface area contributed by atoms with Crippen LogP contribution in [0, 0.1) is 18.9 Å². The lowest BCUT2D eigenvalue weighted by Gasteiger charge is -2.13. The number of hydrogen-bond acceptors (Lipinski definition) is 2. The van der Waals surface area contributed by atoms with Gasteiger partial charge in [0.2, 0.25) is 0 Å². The second-order valence-electron chi connectivity index (χ2n) is 2.79. The van der Waals surface area contributed by atoms with Crippen molar-refractivity contribution in [3.05, 3.63) is 29.8 Å². The van der Waals surface area contributed by atoms with E-state index in [9.17, 15) is 0 Å². The molecule has 0 fully saturated rings. The minimum atomic E-state index is 0.744. The second kappa shape index (κ2) is 2.88. The van der Waals surface area contributed by atoms with Gasteiger partial charge in [0.1, 0.15) is 0 Å². The van der Waals surface area contributed by atoms with Gasteiger partial charge < -0.3 is 0 Å². The molecule has 2 nitrogen and oxygen atoms in total. The van der Waals surface area contributed by atoms with E-state index >= 15 is 0 Å². The minimum absolute atomic E-state index is 0.744. The third-order valence-corrected chi connectivity index (χ3v) is 1.81. The fraction of sp³-hybridized carbons (Fsp3) is 0.200. The summed E-state index contributed by atoms with van der Waals surface area (Å²) in [7, 11) is 0. The summed E-state index contributed by atoms with van der Waals surface area (Å²) in [5, 5.41) is 1.85. The maximum atomic E-state index is 3.10. The first-order valence-corrected chi connectivity index (χ1v) is 3.95. The van der Waals surface area contributed by atoms with Crippen LogP contribution in [0.4, 0.5) is 5.69 Å². The Morgan fingerprint density at radius 1 is 1.33 bits per heavy atom. The molecule has 1 heterocycles. The van der Waals surface area contributed by atoms with E-state index in [2.05, 4.69) is 48.6 Å². The number of nitrogens with one attached hydrogen (secondary N) is 1. The third-order valence-electron chi connectivity index (χ3n) is 1.81. The summed E-state index contributed by atoms with van der Waals surface area (Å²) in [5.74, 6) is 2.95. The molecule has 0 aliphatic carbocycles. The molecule has 1 N–H and O–H groups in total. The highest BCUT2D eigenvalue weighted by molar-refractivity contribution is 5.52. The molecule has 0 bridgehead atoms. The molecule has 1 aliphatic heterocycles. The highest BCUT2D eigenvalue weighted by Crippen LogP contribution is 2.12. The summed E-state index contributed by atoms with van der Waals surface area (Å²) in [4.78, 5) is 0. The lowest BCUT2D eigenvalue weighted by Crippen LogP contribution is -2.29. The average Bonchev–Trinajstić information content (AvgIpc) is 2.58. The predicted octanol–water partition coefficient (Wildman–Crippen LogP) is 1.28. The van der Waals surface area contributed by atoms with Crippen LogP contribution in [0.3, 0.4) is 0 Å². The number of hydrazine groups is 1. The van der Waals surface area contributed by atoms with E-state index in [1.165, 1.54) is 5.56 Å². The van der Waals surface area contributed by atoms with Crippen LogP contribution in [0.5, 0.6) is 0 Å². The highest BCUT2D eigenvalue weighted by Gasteiger charge is 2.04. The summed E-state index contributed by atoms with van der Waals surface area (Å²) >= 11 is 0. The number of rotatable bonds is 1. The first kappa shape index (κ1) is 7.20. The van der Waals surface area contributed by atoms with Crippen molar-refractivity contribution in [1.29, 1.82) is 0 Å². The Balaban J connectivity index is 2.25. The van der Waals surface area contributed by atoms with Crippen molar-refractivity contribution in [2.75, 3.05) is 11.6 Å². The monoisotopic (exact) mass is 158 g/mol. The lowest BCUT2D eigenvalue weighted by atomic mass is 10.2. The fourth-order valence-corrected chi connectivity index (χ4v) is 1.13. The first-order valence-electron chi connectivity index (χ1n) is 3.95. The van der Waals surface area contributed by atoms with Crippen molar-refractivity contribution in [1.82, 2.24) is 5.43 Å². The van der Waals surface area contributed by atoms with Gasteiger partial charge in [-0.2, -0.15) is 0 Å². The van der Waals surface area contributed by atoms with E-state index in [0.717, 1.165) is 12.2 Å². The Hall–Kier alpha value is -1.46. The van der Waals surface area contributed by atoms with Crippen molar-refractivity contribution in [2.45, 2.75) is 6.92 Å². The van der Waals surface area contributed by atoms with Crippen LogP contribution in [0.15, 0.2) is 24.3 Å². The van der Waals surface area contributed by atoms with Crippen molar-refractivity contribution in [2.24, 2.45) is 0 Å². The second-order valence-corrected chi connectivity index (χ2v) is 2.79. The molecule has 0 radical (unpaired) electrons. The van der Waals surface area contributed by atoms with Gasteiger partial charge in [0.25, 0.3) is 0 Å². The van der Waals surface area contributed by atoms with Gasteiger partial charge in [-0.15, -0.1) is 0 Å². The predicted molar refractivity (Wildman–Crippen MR) is 49.4 cm³/mol. The van der Waals surface area contributed by atoms with Gasteiger partial charge in [-0.1, -0.05) is 23.6 Å². The van der Waals surface area contributed by atoms with Crippen LogP contribution in [-0.4, -0.2) is 6.54 Å². The number of benzene rings is 1.